The van der Waals surface area contributed by atoms with Crippen molar-refractivity contribution < 1.29 is 21.5 Å². The van der Waals surface area contributed by atoms with Crippen molar-refractivity contribution in [2.24, 2.45) is 8.94 Å². The number of nitrogens with zero attached hydrogens (tertiary/aromatic N) is 1. The third kappa shape index (κ3) is 2.19. The molecule has 0 radical (unpaired) electrons. The van der Waals surface area contributed by atoms with Crippen LogP contribution >= 0.6 is 27.5 Å². The van der Waals surface area contributed by atoms with Crippen molar-refractivity contribution in [1.29, 1.82) is 0 Å². The van der Waals surface area contributed by atoms with Crippen molar-refractivity contribution in [1.82, 2.24) is 0 Å². The Kier molecular flexibility index (Phi) is 3.39. The molecule has 62 valence electrons. The number of hydrogen-bond acceptors (Lipinski definition) is 2. The van der Waals surface area contributed by atoms with Crippen LogP contribution in [0.1, 0.15) is 6.92 Å². The first-order valence-electron chi connectivity index (χ1n) is 2.82. The second-order valence-electron chi connectivity index (χ2n) is 1.98. The molecule has 11 heavy (non-hydrogen) atoms. The SMILES string of the molecule is CC1=C(Br)C(N)=C[I-]N=C1Cl. The molecule has 0 saturated carbocycles. The van der Waals surface area contributed by atoms with Crippen LogP contribution in [0.5, 0.6) is 0 Å². The Balaban J connectivity index is 3.12. The molecule has 0 spiro atoms. The third-order valence-corrected chi connectivity index (χ3v) is 4.60. The zero-order chi connectivity index (χ0) is 8.43. The Morgan fingerprint density at radius 2 is 2.36 bits per heavy atom. The zero-order valence-electron chi connectivity index (χ0n) is 5.74. The van der Waals surface area contributed by atoms with Gasteiger partial charge in [-0.05, 0) is 0 Å². The molecule has 0 bridgehead atoms. The van der Waals surface area contributed by atoms with E-state index in [9.17, 15) is 0 Å². The molecule has 1 aliphatic heterocycles. The van der Waals surface area contributed by atoms with E-state index in [0.717, 1.165) is 15.8 Å². The predicted octanol–water partition coefficient (Wildman–Crippen LogP) is -0.890. The number of nitrogens with two attached hydrogens (primary N) is 1. The van der Waals surface area contributed by atoms with Gasteiger partial charge in [-0.2, -0.15) is 0 Å². The van der Waals surface area contributed by atoms with Crippen LogP contribution in [0.2, 0.25) is 0 Å². The third-order valence-electron chi connectivity index (χ3n) is 1.18. The van der Waals surface area contributed by atoms with Gasteiger partial charge in [0, 0.05) is 0 Å². The molecule has 1 aliphatic rings. The molecule has 2 nitrogen and oxygen atoms in total. The molecule has 0 aromatic heterocycles. The van der Waals surface area contributed by atoms with Gasteiger partial charge in [-0.1, -0.05) is 0 Å². The van der Waals surface area contributed by atoms with E-state index in [0.29, 0.717) is 5.17 Å². The van der Waals surface area contributed by atoms with Crippen LogP contribution in [0, 0.1) is 0 Å². The van der Waals surface area contributed by atoms with E-state index in [1.54, 1.807) is 0 Å². The molecule has 0 atom stereocenters. The number of hydrogen-bond donors (Lipinski definition) is 1. The summed E-state index contributed by atoms with van der Waals surface area (Å²) in [7, 11) is 0. The van der Waals surface area contributed by atoms with E-state index < -0.39 is 0 Å². The van der Waals surface area contributed by atoms with Gasteiger partial charge in [0.1, 0.15) is 0 Å². The average molecular weight is 348 g/mol. The van der Waals surface area contributed by atoms with E-state index in [-0.39, 0.29) is 21.5 Å². The summed E-state index contributed by atoms with van der Waals surface area (Å²) in [4.78, 5) is 0. The van der Waals surface area contributed by atoms with Gasteiger partial charge in [-0.3, -0.25) is 0 Å². The summed E-state index contributed by atoms with van der Waals surface area (Å²) in [5, 5.41) is 0.571. The van der Waals surface area contributed by atoms with Crippen LogP contribution < -0.4 is 27.2 Å². The van der Waals surface area contributed by atoms with Crippen molar-refractivity contribution >= 4 is 32.7 Å². The first-order chi connectivity index (χ1) is 5.13. The predicted molar refractivity (Wildman–Crippen MR) is 47.2 cm³/mol. The van der Waals surface area contributed by atoms with E-state index in [4.69, 9.17) is 17.3 Å². The van der Waals surface area contributed by atoms with Crippen LogP contribution in [0.25, 0.3) is 0 Å². The minimum atomic E-state index is -0.350. The maximum atomic E-state index is 5.83. The summed E-state index contributed by atoms with van der Waals surface area (Å²) < 4.78 is 6.95. The molecule has 0 aromatic carbocycles. The first kappa shape index (κ1) is 9.54. The van der Waals surface area contributed by atoms with E-state index in [1.807, 2.05) is 11.0 Å². The molecular formula is C6H6BrClIN2-. The van der Waals surface area contributed by atoms with Crippen molar-refractivity contribution in [3.05, 3.63) is 19.8 Å². The van der Waals surface area contributed by atoms with Gasteiger partial charge >= 0.3 is 89.9 Å². The second-order valence-corrected chi connectivity index (χ2v) is 4.79. The van der Waals surface area contributed by atoms with E-state index >= 15 is 0 Å². The number of halogens is 3. The molecule has 0 aromatic rings. The molecule has 0 fully saturated rings. The summed E-state index contributed by atoms with van der Waals surface area (Å²) in [6.07, 6.45) is 0. The number of allylic oxidation sites excluding steroid dienone is 2. The minimum absolute atomic E-state index is 0.350. The molecule has 1 heterocycles. The molecule has 5 heteroatoms. The Labute approximate surface area is 89.3 Å². The van der Waals surface area contributed by atoms with Crippen LogP contribution in [0.3, 0.4) is 0 Å². The van der Waals surface area contributed by atoms with Crippen molar-refractivity contribution in [3.8, 4) is 0 Å². The van der Waals surface area contributed by atoms with Gasteiger partial charge in [-0.15, -0.1) is 0 Å². The van der Waals surface area contributed by atoms with Gasteiger partial charge in [0.15, 0.2) is 0 Å². The molecule has 1 rings (SSSR count). The van der Waals surface area contributed by atoms with E-state index in [2.05, 4.69) is 19.1 Å². The maximum absolute atomic E-state index is 5.83. The Morgan fingerprint density at radius 1 is 1.73 bits per heavy atom. The van der Waals surface area contributed by atoms with Crippen LogP contribution in [0.4, 0.5) is 0 Å². The van der Waals surface area contributed by atoms with Gasteiger partial charge < -0.3 is 0 Å². The molecule has 0 aliphatic carbocycles. The van der Waals surface area contributed by atoms with Gasteiger partial charge in [-0.25, -0.2) is 0 Å². The van der Waals surface area contributed by atoms with Gasteiger partial charge in [0.2, 0.25) is 0 Å². The molecule has 0 saturated heterocycles. The standard InChI is InChI=1S/C6H6BrClIN2/c1-3-5(7)4(10)2-9-11-6(3)8/h2H,10H2,1H3/q-1. The molecule has 2 N–H and O–H groups in total. The topological polar surface area (TPSA) is 38.4 Å². The monoisotopic (exact) mass is 347 g/mol. The summed E-state index contributed by atoms with van der Waals surface area (Å²) in [6, 6.07) is 0. The zero-order valence-corrected chi connectivity index (χ0v) is 10.2. The van der Waals surface area contributed by atoms with Gasteiger partial charge in [0.05, 0.1) is 0 Å². The summed E-state index contributed by atoms with van der Waals surface area (Å²) in [5.41, 5.74) is 7.34. The van der Waals surface area contributed by atoms with Crippen LogP contribution in [-0.4, -0.2) is 5.17 Å². The Morgan fingerprint density at radius 3 is 3.00 bits per heavy atom. The van der Waals surface area contributed by atoms with E-state index in [1.165, 1.54) is 0 Å². The summed E-state index contributed by atoms with van der Waals surface area (Å²) in [5.74, 6) is 0. The van der Waals surface area contributed by atoms with Gasteiger partial charge in [0.25, 0.3) is 0 Å². The second kappa shape index (κ2) is 3.91. The quantitative estimate of drug-likeness (QED) is 0.567. The molecule has 0 unspecified atom stereocenters. The fraction of sp³-hybridized carbons (Fsp3) is 0.167. The molecule has 0 amide bonds. The Bertz CT molecular complexity index is 244. The summed E-state index contributed by atoms with van der Waals surface area (Å²) >= 11 is 8.83. The van der Waals surface area contributed by atoms with Crippen LogP contribution in [0.15, 0.2) is 23.0 Å². The van der Waals surface area contributed by atoms with Crippen molar-refractivity contribution in [3.63, 3.8) is 0 Å². The fourth-order valence-corrected chi connectivity index (χ4v) is 3.08. The Hall–Kier alpha value is 0.450. The number of rotatable bonds is 0. The molecular weight excluding hydrogens is 342 g/mol. The normalized spacial score (nSPS) is 19.9. The summed E-state index contributed by atoms with van der Waals surface area (Å²) in [6.45, 7) is 1.89. The fourth-order valence-electron chi connectivity index (χ4n) is 0.538. The first-order valence-corrected chi connectivity index (χ1v) is 6.20. The van der Waals surface area contributed by atoms with Crippen molar-refractivity contribution in [2.75, 3.05) is 0 Å². The average Bonchev–Trinajstić information content (AvgIpc) is 2.07. The van der Waals surface area contributed by atoms with Crippen molar-refractivity contribution in [2.45, 2.75) is 6.92 Å². The van der Waals surface area contributed by atoms with Crippen LogP contribution in [-0.2, 0) is 0 Å².